The maximum Gasteiger partial charge on any atom is 0.338 e. The van der Waals surface area contributed by atoms with Gasteiger partial charge in [-0.1, -0.05) is 107 Å². The molecule has 5 aromatic rings. The number of benzene rings is 5. The van der Waals surface area contributed by atoms with Crippen molar-refractivity contribution in [2.24, 2.45) is 5.92 Å². The first-order valence-electron chi connectivity index (χ1n) is 17.5. The molecule has 1 aliphatic carbocycles. The molecule has 5 atom stereocenters. The van der Waals surface area contributed by atoms with Crippen molar-refractivity contribution in [2.45, 2.75) is 84.8 Å². The molecule has 5 aromatic carbocycles. The lowest BCUT2D eigenvalue weighted by Gasteiger charge is -2.27. The zero-order chi connectivity index (χ0) is 35.1. The molecule has 0 spiro atoms. The van der Waals surface area contributed by atoms with E-state index in [2.05, 4.69) is 58.0 Å². The normalized spacial score (nSPS) is 18.5. The molecule has 0 saturated carbocycles. The second-order valence-corrected chi connectivity index (χ2v) is 13.3. The fraction of sp³-hybridized carbons (Fsp3) is 0.318. The maximum absolute atomic E-state index is 12.6. The number of hydrogen-bond donors (Lipinski definition) is 1. The fourth-order valence-corrected chi connectivity index (χ4v) is 6.26. The summed E-state index contributed by atoms with van der Waals surface area (Å²) in [6.45, 7) is 12.6. The van der Waals surface area contributed by atoms with E-state index in [1.807, 2.05) is 80.6 Å². The van der Waals surface area contributed by atoms with Crippen LogP contribution in [-0.2, 0) is 11.2 Å². The van der Waals surface area contributed by atoms with Crippen molar-refractivity contribution in [3.05, 3.63) is 143 Å². The van der Waals surface area contributed by atoms with E-state index >= 15 is 0 Å². The second-order valence-electron chi connectivity index (χ2n) is 13.3. The van der Waals surface area contributed by atoms with Crippen LogP contribution >= 0.6 is 0 Å². The maximum atomic E-state index is 12.6. The van der Waals surface area contributed by atoms with Gasteiger partial charge in [-0.05, 0) is 95.5 Å². The lowest BCUT2D eigenvalue weighted by atomic mass is 9.92. The molecule has 5 nitrogen and oxygen atoms in total. The third kappa shape index (κ3) is 8.22. The Kier molecular flexibility index (Phi) is 11.6. The van der Waals surface area contributed by atoms with Crippen LogP contribution in [0, 0.1) is 5.92 Å². The number of phenolic OH excluding ortho intramolecular Hbond substituents is 1. The first-order valence-corrected chi connectivity index (χ1v) is 17.5. The molecular formula is C44H48O5. The van der Waals surface area contributed by atoms with E-state index < -0.39 is 0 Å². The van der Waals surface area contributed by atoms with Crippen LogP contribution in [0.5, 0.6) is 11.5 Å². The van der Waals surface area contributed by atoms with Crippen molar-refractivity contribution < 1.29 is 24.2 Å². The number of para-hydroxylation sites is 1. The summed E-state index contributed by atoms with van der Waals surface area (Å²) < 4.78 is 11.5. The molecule has 49 heavy (non-hydrogen) atoms. The molecular weight excluding hydrogens is 608 g/mol. The van der Waals surface area contributed by atoms with Crippen molar-refractivity contribution in [3.8, 4) is 11.5 Å². The van der Waals surface area contributed by atoms with Gasteiger partial charge in [-0.15, -0.1) is 0 Å². The van der Waals surface area contributed by atoms with Gasteiger partial charge in [-0.25, -0.2) is 4.79 Å². The Balaban J connectivity index is 0.000000163. The van der Waals surface area contributed by atoms with Gasteiger partial charge in [0.1, 0.15) is 23.7 Å². The summed E-state index contributed by atoms with van der Waals surface area (Å²) in [4.78, 5) is 24.3. The molecule has 0 amide bonds. The largest absolute Gasteiger partial charge is 0.508 e. The molecule has 7 rings (SSSR count). The SMILES string of the molecule is CC1Oc2ccccc2C(=O)C1C.CCC(C)c1ccc(C(=O)OC2Cc3cccc4cccc2c34)cc1.CCC(C)c1ccc(O)cc1. The summed E-state index contributed by atoms with van der Waals surface area (Å²) in [7, 11) is 0. The Morgan fingerprint density at radius 2 is 1.39 bits per heavy atom. The molecule has 0 fully saturated rings. The summed E-state index contributed by atoms with van der Waals surface area (Å²) in [6.07, 6.45) is 2.79. The van der Waals surface area contributed by atoms with Gasteiger partial charge >= 0.3 is 5.97 Å². The zero-order valence-electron chi connectivity index (χ0n) is 29.5. The van der Waals surface area contributed by atoms with Crippen LogP contribution in [0.25, 0.3) is 10.8 Å². The van der Waals surface area contributed by atoms with Gasteiger partial charge in [0.25, 0.3) is 0 Å². The highest BCUT2D eigenvalue weighted by Crippen LogP contribution is 2.39. The molecule has 254 valence electrons. The number of rotatable bonds is 6. The topological polar surface area (TPSA) is 72.8 Å². The minimum Gasteiger partial charge on any atom is -0.508 e. The standard InChI is InChI=1S/C23H22O2.C11H12O2.C10H14O/c1-3-15(2)16-10-12-18(13-11-16)23(24)25-21-14-19-8-4-6-17-7-5-9-20(21)22(17)19;1-7-8(2)13-10-6-4-3-5-9(10)11(7)12;1-3-8(2)9-4-6-10(11)7-5-9/h4-13,15,21H,3,14H2,1-2H3;3-8H,1-2H3;4-8,11H,3H2,1-2H3. The van der Waals surface area contributed by atoms with Gasteiger partial charge in [-0.2, -0.15) is 0 Å². The molecule has 5 unspecified atom stereocenters. The zero-order valence-corrected chi connectivity index (χ0v) is 29.5. The van der Waals surface area contributed by atoms with Crippen molar-refractivity contribution in [3.63, 3.8) is 0 Å². The van der Waals surface area contributed by atoms with E-state index in [1.54, 1.807) is 12.1 Å². The fourth-order valence-electron chi connectivity index (χ4n) is 6.26. The van der Waals surface area contributed by atoms with Crippen molar-refractivity contribution in [1.29, 1.82) is 0 Å². The highest BCUT2D eigenvalue weighted by atomic mass is 16.5. The molecule has 5 heteroatoms. The Morgan fingerprint density at radius 1 is 0.796 bits per heavy atom. The predicted octanol–water partition coefficient (Wildman–Crippen LogP) is 11.0. The van der Waals surface area contributed by atoms with E-state index in [0.29, 0.717) is 28.7 Å². The molecule has 0 saturated heterocycles. The van der Waals surface area contributed by atoms with Crippen molar-refractivity contribution >= 4 is 22.5 Å². The third-order valence-electron chi connectivity index (χ3n) is 10.0. The summed E-state index contributed by atoms with van der Waals surface area (Å²) >= 11 is 0. The van der Waals surface area contributed by atoms with Crippen LogP contribution in [0.4, 0.5) is 0 Å². The summed E-state index contributed by atoms with van der Waals surface area (Å²) in [6, 6.07) is 35.2. The van der Waals surface area contributed by atoms with E-state index in [0.717, 1.165) is 30.6 Å². The minimum atomic E-state index is -0.245. The average Bonchev–Trinajstić information content (AvgIpc) is 3.49. The lowest BCUT2D eigenvalue weighted by Crippen LogP contribution is -2.33. The Hall–Kier alpha value is -4.90. The highest BCUT2D eigenvalue weighted by Gasteiger charge is 2.30. The molecule has 0 radical (unpaired) electrons. The molecule has 1 aliphatic heterocycles. The van der Waals surface area contributed by atoms with Crippen molar-refractivity contribution in [2.75, 3.05) is 0 Å². The van der Waals surface area contributed by atoms with Crippen LogP contribution in [0.15, 0.2) is 109 Å². The number of ether oxygens (including phenoxy) is 2. The summed E-state index contributed by atoms with van der Waals surface area (Å²) in [5, 5.41) is 11.5. The average molecular weight is 657 g/mol. The van der Waals surface area contributed by atoms with Crippen LogP contribution in [-0.4, -0.2) is 23.0 Å². The Bertz CT molecular complexity index is 1870. The van der Waals surface area contributed by atoms with Gasteiger partial charge in [-0.3, -0.25) is 4.79 Å². The van der Waals surface area contributed by atoms with Gasteiger partial charge in [0.15, 0.2) is 5.78 Å². The highest BCUT2D eigenvalue weighted by molar-refractivity contribution is 6.01. The Morgan fingerprint density at radius 3 is 2.02 bits per heavy atom. The molecule has 1 heterocycles. The number of fused-ring (bicyclic) bond motifs is 1. The minimum absolute atomic E-state index is 0.0117. The molecule has 0 bridgehead atoms. The number of esters is 1. The van der Waals surface area contributed by atoms with Crippen molar-refractivity contribution in [1.82, 2.24) is 0 Å². The molecule has 1 N–H and O–H groups in total. The Labute approximate surface area is 290 Å². The number of phenols is 1. The van der Waals surface area contributed by atoms with E-state index in [4.69, 9.17) is 14.6 Å². The van der Waals surface area contributed by atoms with Crippen LogP contribution in [0.3, 0.4) is 0 Å². The van der Waals surface area contributed by atoms with E-state index in [1.165, 1.54) is 27.5 Å². The lowest BCUT2D eigenvalue weighted by molar-refractivity contribution is 0.0311. The summed E-state index contributed by atoms with van der Waals surface area (Å²) in [5.74, 6) is 2.08. The van der Waals surface area contributed by atoms with Gasteiger partial charge < -0.3 is 14.6 Å². The van der Waals surface area contributed by atoms with Gasteiger partial charge in [0, 0.05) is 12.0 Å². The quantitative estimate of drug-likeness (QED) is 0.184. The first kappa shape index (κ1) is 35.4. The molecule has 0 aromatic heterocycles. The van der Waals surface area contributed by atoms with Crippen LogP contribution in [0.2, 0.25) is 0 Å². The second kappa shape index (κ2) is 16.0. The number of aromatic hydroxyl groups is 1. The van der Waals surface area contributed by atoms with Crippen LogP contribution < -0.4 is 4.74 Å². The monoisotopic (exact) mass is 656 g/mol. The first-order chi connectivity index (χ1) is 23.6. The predicted molar refractivity (Wildman–Crippen MR) is 198 cm³/mol. The van der Waals surface area contributed by atoms with Crippen LogP contribution in [0.1, 0.15) is 115 Å². The smallest absolute Gasteiger partial charge is 0.338 e. The number of Topliss-reactive ketones (excluding diaryl/α,β-unsaturated/α-hetero) is 1. The number of ketones is 1. The summed E-state index contributed by atoms with van der Waals surface area (Å²) in [5.41, 5.74) is 6.28. The van der Waals surface area contributed by atoms with E-state index in [-0.39, 0.29) is 29.9 Å². The number of carbonyl (C=O) groups is 2. The molecule has 2 aliphatic rings. The van der Waals surface area contributed by atoms with Gasteiger partial charge in [0.05, 0.1) is 17.0 Å². The van der Waals surface area contributed by atoms with Gasteiger partial charge in [0.2, 0.25) is 0 Å². The third-order valence-corrected chi connectivity index (χ3v) is 10.0. The van der Waals surface area contributed by atoms with E-state index in [9.17, 15) is 9.59 Å². The number of hydrogen-bond acceptors (Lipinski definition) is 5. The number of carbonyl (C=O) groups excluding carboxylic acids is 2.